The van der Waals surface area contributed by atoms with E-state index in [2.05, 4.69) is 76.5 Å². The largest absolute Gasteiger partial charge is 0.480 e. The first-order valence-electron chi connectivity index (χ1n) is 16.4. The van der Waals surface area contributed by atoms with Crippen LogP contribution in [0, 0.1) is 13.8 Å². The van der Waals surface area contributed by atoms with E-state index in [9.17, 15) is 4.79 Å². The fourth-order valence-corrected chi connectivity index (χ4v) is 7.43. The van der Waals surface area contributed by atoms with Gasteiger partial charge in [-0.05, 0) is 87.4 Å². The van der Waals surface area contributed by atoms with Gasteiger partial charge < -0.3 is 15.4 Å². The number of fused-ring (bicyclic) bond motifs is 1. The maximum Gasteiger partial charge on any atom is 0.237 e. The molecule has 2 saturated heterocycles. The fraction of sp³-hybridized carbons (Fsp3) is 0.444. The second kappa shape index (κ2) is 12.7. The van der Waals surface area contributed by atoms with Crippen LogP contribution < -0.4 is 15.4 Å². The number of nitrogens with zero attached hydrogens (tertiary/aromatic N) is 5. The van der Waals surface area contributed by atoms with Crippen molar-refractivity contribution in [1.82, 2.24) is 35.3 Å². The van der Waals surface area contributed by atoms with Crippen molar-refractivity contribution in [2.75, 3.05) is 26.7 Å². The summed E-state index contributed by atoms with van der Waals surface area (Å²) >= 11 is 0. The lowest BCUT2D eigenvalue weighted by Crippen LogP contribution is -2.35. The molecule has 3 aliphatic rings. The predicted molar refractivity (Wildman–Crippen MR) is 176 cm³/mol. The van der Waals surface area contributed by atoms with Crippen LogP contribution in [0.2, 0.25) is 0 Å². The van der Waals surface area contributed by atoms with Crippen LogP contribution in [0.25, 0.3) is 33.6 Å². The van der Waals surface area contributed by atoms with Gasteiger partial charge in [0.25, 0.3) is 0 Å². The van der Waals surface area contributed by atoms with Crippen molar-refractivity contribution < 1.29 is 9.53 Å². The van der Waals surface area contributed by atoms with E-state index in [-0.39, 0.29) is 11.9 Å². The molecular formula is C36H43N7O2. The zero-order valence-corrected chi connectivity index (χ0v) is 26.6. The SMILES string of the molecule is COc1nc(-c2cccc(-c3cccc(-c4cc5n(n4)CCCC5N4CCCC4)c3C)c2C)cnc1CNC[C@@H]1CCC(=O)N1. The van der Waals surface area contributed by atoms with Gasteiger partial charge in [-0.3, -0.25) is 19.4 Å². The summed E-state index contributed by atoms with van der Waals surface area (Å²) in [6.45, 7) is 8.99. The summed E-state index contributed by atoms with van der Waals surface area (Å²) in [5.74, 6) is 0.629. The number of ether oxygens (including phenoxy) is 1. The lowest BCUT2D eigenvalue weighted by molar-refractivity contribution is -0.119. The Labute approximate surface area is 265 Å². The number of aromatic nitrogens is 4. The van der Waals surface area contributed by atoms with Crippen molar-refractivity contribution in [3.8, 4) is 39.5 Å². The van der Waals surface area contributed by atoms with Crippen LogP contribution in [0.4, 0.5) is 0 Å². The first-order valence-corrected chi connectivity index (χ1v) is 16.4. The Balaban J connectivity index is 1.15. The Kier molecular flexibility index (Phi) is 8.38. The minimum atomic E-state index is 0.120. The average molecular weight is 606 g/mol. The number of benzene rings is 2. The van der Waals surface area contributed by atoms with Gasteiger partial charge >= 0.3 is 0 Å². The summed E-state index contributed by atoms with van der Waals surface area (Å²) in [7, 11) is 1.63. The highest BCUT2D eigenvalue weighted by Gasteiger charge is 2.30. The number of hydrogen-bond acceptors (Lipinski definition) is 7. The molecule has 7 rings (SSSR count). The van der Waals surface area contributed by atoms with Gasteiger partial charge in [0, 0.05) is 43.2 Å². The number of rotatable bonds is 9. The van der Waals surface area contributed by atoms with Gasteiger partial charge in [-0.2, -0.15) is 5.10 Å². The Morgan fingerprint density at radius 2 is 1.64 bits per heavy atom. The van der Waals surface area contributed by atoms with Crippen molar-refractivity contribution in [3.05, 3.63) is 71.2 Å². The molecule has 0 aliphatic carbocycles. The van der Waals surface area contributed by atoms with Crippen molar-refractivity contribution >= 4 is 5.91 Å². The first kappa shape index (κ1) is 29.6. The Bertz CT molecular complexity index is 1710. The lowest BCUT2D eigenvalue weighted by atomic mass is 9.90. The van der Waals surface area contributed by atoms with Crippen LogP contribution in [0.3, 0.4) is 0 Å². The summed E-state index contributed by atoms with van der Waals surface area (Å²) < 4.78 is 7.93. The third-order valence-corrected chi connectivity index (χ3v) is 9.86. The molecule has 45 heavy (non-hydrogen) atoms. The fourth-order valence-electron chi connectivity index (χ4n) is 7.43. The summed E-state index contributed by atoms with van der Waals surface area (Å²) in [6.07, 6.45) is 8.30. The third kappa shape index (κ3) is 5.87. The smallest absolute Gasteiger partial charge is 0.237 e. The zero-order chi connectivity index (χ0) is 30.9. The predicted octanol–water partition coefficient (Wildman–Crippen LogP) is 5.60. The van der Waals surface area contributed by atoms with Gasteiger partial charge in [-0.1, -0.05) is 36.4 Å². The second-order valence-electron chi connectivity index (χ2n) is 12.7. The Morgan fingerprint density at radius 3 is 2.33 bits per heavy atom. The molecule has 2 fully saturated rings. The molecule has 1 amide bonds. The molecule has 2 atom stereocenters. The molecule has 3 aliphatic heterocycles. The number of hydrogen-bond donors (Lipinski definition) is 2. The van der Waals surface area contributed by atoms with Crippen LogP contribution in [0.5, 0.6) is 5.88 Å². The molecule has 2 N–H and O–H groups in total. The molecule has 2 aromatic heterocycles. The van der Waals surface area contributed by atoms with E-state index in [4.69, 9.17) is 19.8 Å². The highest BCUT2D eigenvalue weighted by atomic mass is 16.5. The monoisotopic (exact) mass is 605 g/mol. The van der Waals surface area contributed by atoms with Gasteiger partial charge in [0.15, 0.2) is 0 Å². The van der Waals surface area contributed by atoms with E-state index in [1.807, 2.05) is 6.20 Å². The third-order valence-electron chi connectivity index (χ3n) is 9.86. The van der Waals surface area contributed by atoms with E-state index in [1.54, 1.807) is 7.11 Å². The van der Waals surface area contributed by atoms with Crippen LogP contribution >= 0.6 is 0 Å². The quantitative estimate of drug-likeness (QED) is 0.256. The molecule has 4 aromatic rings. The van der Waals surface area contributed by atoms with Crippen molar-refractivity contribution in [2.24, 2.45) is 0 Å². The van der Waals surface area contributed by atoms with Crippen LogP contribution in [-0.4, -0.2) is 63.3 Å². The highest BCUT2D eigenvalue weighted by molar-refractivity contribution is 5.82. The molecule has 2 aromatic carbocycles. The molecular weight excluding hydrogens is 562 g/mol. The maximum absolute atomic E-state index is 11.5. The van der Waals surface area contributed by atoms with E-state index in [0.29, 0.717) is 31.4 Å². The maximum atomic E-state index is 11.5. The summed E-state index contributed by atoms with van der Waals surface area (Å²) in [6, 6.07) is 16.0. The minimum absolute atomic E-state index is 0.120. The van der Waals surface area contributed by atoms with Crippen LogP contribution in [-0.2, 0) is 17.9 Å². The van der Waals surface area contributed by atoms with Gasteiger partial charge in [0.2, 0.25) is 11.8 Å². The molecule has 9 nitrogen and oxygen atoms in total. The average Bonchev–Trinajstić information content (AvgIpc) is 3.83. The minimum Gasteiger partial charge on any atom is -0.480 e. The van der Waals surface area contributed by atoms with E-state index >= 15 is 0 Å². The molecule has 9 heteroatoms. The summed E-state index contributed by atoms with van der Waals surface area (Å²) in [5.41, 5.74) is 10.9. The first-order chi connectivity index (χ1) is 22.0. The number of likely N-dealkylation sites (tertiary alicyclic amines) is 1. The van der Waals surface area contributed by atoms with Gasteiger partial charge in [-0.15, -0.1) is 0 Å². The Morgan fingerprint density at radius 1 is 0.933 bits per heavy atom. The van der Waals surface area contributed by atoms with Crippen molar-refractivity contribution in [1.29, 1.82) is 0 Å². The van der Waals surface area contributed by atoms with Crippen molar-refractivity contribution in [3.63, 3.8) is 0 Å². The van der Waals surface area contributed by atoms with E-state index in [1.165, 1.54) is 66.7 Å². The number of carbonyl (C=O) groups is 1. The molecule has 0 radical (unpaired) electrons. The van der Waals surface area contributed by atoms with Crippen molar-refractivity contribution in [2.45, 2.75) is 77.5 Å². The van der Waals surface area contributed by atoms with Crippen LogP contribution in [0.15, 0.2) is 48.7 Å². The molecule has 0 bridgehead atoms. The highest BCUT2D eigenvalue weighted by Crippen LogP contribution is 2.39. The molecule has 1 unspecified atom stereocenters. The van der Waals surface area contributed by atoms with Crippen LogP contribution in [0.1, 0.15) is 67.1 Å². The Hall–Kier alpha value is -4.08. The molecule has 5 heterocycles. The van der Waals surface area contributed by atoms with Gasteiger partial charge in [0.1, 0.15) is 5.69 Å². The topological polar surface area (TPSA) is 97.2 Å². The standard InChI is InChI=1S/C36H43N7O2/c1-23-26(9-6-11-28(23)30-19-34-33(42-16-4-5-17-42)13-8-18-43(34)41-30)27-10-7-12-29(24(27)2)31-22-38-32(36(40-31)45-3)21-37-20-25-14-15-35(44)39-25/h6-7,9-12,19,22,25,33,37H,4-5,8,13-18,20-21H2,1-3H3,(H,39,44)/t25-,33?/m0/s1. The number of nitrogens with one attached hydrogen (secondary N) is 2. The zero-order valence-electron chi connectivity index (χ0n) is 26.6. The number of carbonyl (C=O) groups excluding carboxylic acids is 1. The number of methoxy groups -OCH3 is 1. The van der Waals surface area contributed by atoms with Gasteiger partial charge in [-0.25, -0.2) is 4.98 Å². The number of amides is 1. The summed E-state index contributed by atoms with van der Waals surface area (Å²) in [4.78, 5) is 23.8. The lowest BCUT2D eigenvalue weighted by Gasteiger charge is -2.31. The number of aryl methyl sites for hydroxylation is 1. The molecule has 0 spiro atoms. The molecule has 0 saturated carbocycles. The second-order valence-corrected chi connectivity index (χ2v) is 12.7. The molecule has 234 valence electrons. The summed E-state index contributed by atoms with van der Waals surface area (Å²) in [5, 5.41) is 11.5. The van der Waals surface area contributed by atoms with E-state index < -0.39 is 0 Å². The van der Waals surface area contributed by atoms with E-state index in [0.717, 1.165) is 41.2 Å². The van der Waals surface area contributed by atoms with Gasteiger partial charge in [0.05, 0.1) is 36.4 Å². The normalized spacial score (nSPS) is 19.9.